The summed E-state index contributed by atoms with van der Waals surface area (Å²) in [6, 6.07) is 79.6. The van der Waals surface area contributed by atoms with Crippen LogP contribution in [0.25, 0.3) is 43.8 Å². The Hall–Kier alpha value is -8.40. The van der Waals surface area contributed by atoms with Crippen LogP contribution in [0.4, 0.5) is 34.1 Å². The number of benzene rings is 11. The van der Waals surface area contributed by atoms with Gasteiger partial charge in [-0.3, -0.25) is 0 Å². The topological polar surface area (TPSA) is 6.48 Å². The van der Waals surface area contributed by atoms with Crippen molar-refractivity contribution in [3.05, 3.63) is 267 Å². The molecule has 0 N–H and O–H groups in total. The highest BCUT2D eigenvalue weighted by Gasteiger charge is 2.49. The van der Waals surface area contributed by atoms with Gasteiger partial charge in [0.15, 0.2) is 0 Å². The molecule has 2 heterocycles. The monoisotopic (exact) mass is 946 g/mol. The molecular formula is C71H55BN2. The summed E-state index contributed by atoms with van der Waals surface area (Å²) >= 11 is 0. The van der Waals surface area contributed by atoms with E-state index in [4.69, 9.17) is 0 Å². The SMILES string of the molecule is Cc1cc(C)c(B2c3cc4c(cc3N3c5cc6ccccc6cc5N(c5ccc6c(c5)-c5ccc(C)cc5C6(c5ccccc5)c5ccccc5)c5cc6ccccc6c2c53)-c2ccc(C)cc2C4(C)C)c(C)c1. The number of anilines is 6. The zero-order valence-electron chi connectivity index (χ0n) is 43.1. The zero-order valence-corrected chi connectivity index (χ0v) is 43.1. The second-order valence-electron chi connectivity index (χ2n) is 22.4. The van der Waals surface area contributed by atoms with Gasteiger partial charge in [-0.25, -0.2) is 0 Å². The van der Waals surface area contributed by atoms with Gasteiger partial charge in [0.1, 0.15) is 0 Å². The van der Waals surface area contributed by atoms with Crippen LogP contribution < -0.4 is 26.2 Å². The Balaban J connectivity index is 1.07. The lowest BCUT2D eigenvalue weighted by atomic mass is 9.33. The number of fused-ring (bicyclic) bond motifs is 13. The Morgan fingerprint density at radius 1 is 0.365 bits per heavy atom. The summed E-state index contributed by atoms with van der Waals surface area (Å²) in [5.74, 6) is 0. The van der Waals surface area contributed by atoms with Crippen LogP contribution >= 0.6 is 0 Å². The fourth-order valence-corrected chi connectivity index (χ4v) is 14.6. The molecule has 2 nitrogen and oxygen atoms in total. The first kappa shape index (κ1) is 43.2. The smallest absolute Gasteiger partial charge is 0.248 e. The molecule has 3 heteroatoms. The molecule has 11 aromatic rings. The fraction of sp³-hybridized carbons (Fsp3) is 0.127. The minimum Gasteiger partial charge on any atom is -0.307 e. The van der Waals surface area contributed by atoms with Crippen LogP contribution in [-0.2, 0) is 10.8 Å². The predicted octanol–water partition coefficient (Wildman–Crippen LogP) is 16.3. The molecule has 352 valence electrons. The number of rotatable bonds is 4. The van der Waals surface area contributed by atoms with Crippen molar-refractivity contribution in [2.24, 2.45) is 0 Å². The van der Waals surface area contributed by atoms with Gasteiger partial charge in [-0.05, 0) is 159 Å². The summed E-state index contributed by atoms with van der Waals surface area (Å²) in [6.45, 7) is 16.2. The van der Waals surface area contributed by atoms with Gasteiger partial charge in [0, 0.05) is 16.8 Å². The molecular weight excluding hydrogens is 892 g/mol. The van der Waals surface area contributed by atoms with Crippen LogP contribution in [-0.4, -0.2) is 6.71 Å². The first-order chi connectivity index (χ1) is 36.0. The molecule has 2 aliphatic carbocycles. The second kappa shape index (κ2) is 15.3. The molecule has 0 aromatic heterocycles. The van der Waals surface area contributed by atoms with E-state index in [0.29, 0.717) is 0 Å². The Labute approximate surface area is 435 Å². The summed E-state index contributed by atoms with van der Waals surface area (Å²) in [5.41, 5.74) is 30.4. The molecule has 15 rings (SSSR count). The van der Waals surface area contributed by atoms with Gasteiger partial charge in [0.05, 0.1) is 28.2 Å². The fourth-order valence-electron chi connectivity index (χ4n) is 14.6. The van der Waals surface area contributed by atoms with Crippen molar-refractivity contribution < 1.29 is 0 Å². The molecule has 0 fully saturated rings. The van der Waals surface area contributed by atoms with Crippen LogP contribution in [0, 0.1) is 34.6 Å². The van der Waals surface area contributed by atoms with Gasteiger partial charge >= 0.3 is 0 Å². The maximum absolute atomic E-state index is 2.68. The van der Waals surface area contributed by atoms with E-state index in [1.807, 2.05) is 0 Å². The molecule has 0 atom stereocenters. The van der Waals surface area contributed by atoms with Gasteiger partial charge in [0.2, 0.25) is 6.71 Å². The Morgan fingerprint density at radius 2 is 0.905 bits per heavy atom. The largest absolute Gasteiger partial charge is 0.307 e. The van der Waals surface area contributed by atoms with Crippen LogP contribution in [0.2, 0.25) is 0 Å². The third-order valence-corrected chi connectivity index (χ3v) is 17.6. The van der Waals surface area contributed by atoms with E-state index in [9.17, 15) is 0 Å². The lowest BCUT2D eigenvalue weighted by Crippen LogP contribution is -2.59. The third kappa shape index (κ3) is 5.73. The average Bonchev–Trinajstić information content (AvgIpc) is 3.95. The third-order valence-electron chi connectivity index (χ3n) is 17.6. The van der Waals surface area contributed by atoms with Crippen LogP contribution in [0.1, 0.15) is 75.0 Å². The minimum absolute atomic E-state index is 0.0374. The Bertz CT molecular complexity index is 4180. The van der Waals surface area contributed by atoms with E-state index in [-0.39, 0.29) is 12.1 Å². The molecule has 0 radical (unpaired) electrons. The van der Waals surface area contributed by atoms with Crippen molar-refractivity contribution in [2.45, 2.75) is 59.3 Å². The van der Waals surface area contributed by atoms with E-state index < -0.39 is 5.41 Å². The first-order valence-corrected chi connectivity index (χ1v) is 26.4. The van der Waals surface area contributed by atoms with E-state index in [1.165, 1.54) is 150 Å². The number of hydrogen-bond donors (Lipinski definition) is 0. The van der Waals surface area contributed by atoms with Gasteiger partial charge in [0.25, 0.3) is 0 Å². The number of hydrogen-bond acceptors (Lipinski definition) is 2. The normalized spacial score (nSPS) is 14.8. The van der Waals surface area contributed by atoms with E-state index in [1.54, 1.807) is 0 Å². The molecule has 0 unspecified atom stereocenters. The maximum Gasteiger partial charge on any atom is 0.248 e. The van der Waals surface area contributed by atoms with Gasteiger partial charge in [-0.2, -0.15) is 0 Å². The standard InChI is InChI=1S/C71H55BN2/c1-42-26-29-54-57-40-63-62(41-60(57)70(6,7)59(54)34-42)72(67-45(4)32-44(3)33-46(67)5)68-53-25-17-16-20-49(53)38-66-69(68)74(63)65-37-48-19-15-14-18-47(48)36-64(65)73(66)52-28-31-58-56(39-52)55-30-27-43(2)35-61(55)71(58,50-21-10-8-11-22-50)51-23-12-9-13-24-51/h8-41H,1-7H3. The van der Waals surface area contributed by atoms with Gasteiger partial charge < -0.3 is 9.80 Å². The lowest BCUT2D eigenvalue weighted by molar-refractivity contribution is 0.660. The van der Waals surface area contributed by atoms with E-state index in [2.05, 4.69) is 265 Å². The quantitative estimate of drug-likeness (QED) is 0.162. The zero-order chi connectivity index (χ0) is 49.9. The van der Waals surface area contributed by atoms with Crippen molar-refractivity contribution in [1.82, 2.24) is 0 Å². The van der Waals surface area contributed by atoms with Crippen molar-refractivity contribution in [3.8, 4) is 22.3 Å². The molecule has 0 amide bonds. The second-order valence-corrected chi connectivity index (χ2v) is 22.4. The Morgan fingerprint density at radius 3 is 1.57 bits per heavy atom. The van der Waals surface area contributed by atoms with Crippen molar-refractivity contribution in [2.75, 3.05) is 9.80 Å². The summed E-state index contributed by atoms with van der Waals surface area (Å²) in [5, 5.41) is 4.98. The number of aryl methyl sites for hydroxylation is 5. The van der Waals surface area contributed by atoms with Crippen LogP contribution in [0.3, 0.4) is 0 Å². The molecule has 0 saturated heterocycles. The van der Waals surface area contributed by atoms with Gasteiger partial charge in [-0.15, -0.1) is 0 Å². The Kier molecular flexibility index (Phi) is 8.95. The summed E-state index contributed by atoms with van der Waals surface area (Å²) in [7, 11) is 0. The minimum atomic E-state index is -0.501. The highest BCUT2D eigenvalue weighted by Crippen LogP contribution is 2.61. The lowest BCUT2D eigenvalue weighted by Gasteiger charge is -2.47. The van der Waals surface area contributed by atoms with Crippen molar-refractivity contribution >= 4 is 78.8 Å². The molecule has 0 spiro atoms. The summed E-state index contributed by atoms with van der Waals surface area (Å²) in [6.07, 6.45) is 0. The first-order valence-electron chi connectivity index (χ1n) is 26.4. The van der Waals surface area contributed by atoms with E-state index >= 15 is 0 Å². The average molecular weight is 947 g/mol. The van der Waals surface area contributed by atoms with Crippen molar-refractivity contribution in [3.63, 3.8) is 0 Å². The van der Waals surface area contributed by atoms with Gasteiger partial charge in [-0.1, -0.05) is 217 Å². The van der Waals surface area contributed by atoms with E-state index in [0.717, 1.165) is 5.69 Å². The summed E-state index contributed by atoms with van der Waals surface area (Å²) in [4.78, 5) is 5.30. The molecule has 0 saturated carbocycles. The number of nitrogens with zero attached hydrogens (tertiary/aromatic N) is 2. The predicted molar refractivity (Wildman–Crippen MR) is 314 cm³/mol. The molecule has 0 bridgehead atoms. The highest BCUT2D eigenvalue weighted by molar-refractivity contribution is 7.00. The molecule has 2 aliphatic heterocycles. The highest BCUT2D eigenvalue weighted by atomic mass is 15.3. The van der Waals surface area contributed by atoms with Crippen molar-refractivity contribution in [1.29, 1.82) is 0 Å². The van der Waals surface area contributed by atoms with Crippen LogP contribution in [0.15, 0.2) is 206 Å². The summed E-state index contributed by atoms with van der Waals surface area (Å²) < 4.78 is 0. The van der Waals surface area contributed by atoms with Crippen LogP contribution in [0.5, 0.6) is 0 Å². The molecule has 4 aliphatic rings. The molecule has 74 heavy (non-hydrogen) atoms. The maximum atomic E-state index is 2.68. The molecule has 11 aromatic carbocycles.